The van der Waals surface area contributed by atoms with Crippen molar-refractivity contribution < 1.29 is 0 Å². The van der Waals surface area contributed by atoms with Gasteiger partial charge in [0.05, 0.1) is 0 Å². The fourth-order valence-electron chi connectivity index (χ4n) is 1.75. The fraction of sp³-hybridized carbons (Fsp3) is 1.00. The van der Waals surface area contributed by atoms with Crippen LogP contribution in [0.1, 0.15) is 12.8 Å². The summed E-state index contributed by atoms with van der Waals surface area (Å²) in [6, 6.07) is 0. The van der Waals surface area contributed by atoms with E-state index in [9.17, 15) is 0 Å². The lowest BCUT2D eigenvalue weighted by molar-refractivity contribution is 0.245. The average molecular weight is 244 g/mol. The van der Waals surface area contributed by atoms with Crippen molar-refractivity contribution in [3.63, 3.8) is 0 Å². The molecular weight excluding hydrogens is 212 g/mol. The Kier molecular flexibility index (Phi) is 10.9. The van der Waals surface area contributed by atoms with Gasteiger partial charge in [-0.1, -0.05) is 0 Å². The van der Waals surface area contributed by atoms with Gasteiger partial charge in [-0.2, -0.15) is 0 Å². The van der Waals surface area contributed by atoms with Gasteiger partial charge in [-0.05, 0) is 74.3 Å². The zero-order chi connectivity index (χ0) is 13.1. The molecule has 104 valence electrons. The van der Waals surface area contributed by atoms with Gasteiger partial charge in [0.2, 0.25) is 0 Å². The predicted octanol–water partition coefficient (Wildman–Crippen LogP) is 0.411. The largest absolute Gasteiger partial charge is 0.320 e. The molecule has 0 saturated heterocycles. The van der Waals surface area contributed by atoms with Crippen molar-refractivity contribution in [2.24, 2.45) is 0 Å². The molecule has 0 aliphatic carbocycles. The van der Waals surface area contributed by atoms with Crippen LogP contribution in [-0.2, 0) is 0 Å². The Morgan fingerprint density at radius 3 is 1.71 bits per heavy atom. The van der Waals surface area contributed by atoms with E-state index in [2.05, 4.69) is 48.2 Å². The van der Waals surface area contributed by atoms with E-state index in [0.29, 0.717) is 0 Å². The summed E-state index contributed by atoms with van der Waals surface area (Å²) in [6.07, 6.45) is 2.49. The van der Waals surface area contributed by atoms with Crippen LogP contribution in [0.4, 0.5) is 0 Å². The molecule has 0 unspecified atom stereocenters. The van der Waals surface area contributed by atoms with E-state index in [0.717, 1.165) is 6.54 Å². The molecule has 0 atom stereocenters. The highest BCUT2D eigenvalue weighted by Gasteiger charge is 2.02. The molecule has 1 N–H and O–H groups in total. The summed E-state index contributed by atoms with van der Waals surface area (Å²) >= 11 is 0. The molecule has 0 amide bonds. The van der Waals surface area contributed by atoms with E-state index >= 15 is 0 Å². The first-order chi connectivity index (χ1) is 8.06. The Bertz CT molecular complexity index is 161. The fourth-order valence-corrected chi connectivity index (χ4v) is 1.75. The molecule has 0 fully saturated rings. The summed E-state index contributed by atoms with van der Waals surface area (Å²) in [5, 5.41) is 3.18. The van der Waals surface area contributed by atoms with Gasteiger partial charge >= 0.3 is 0 Å². The SMILES string of the molecule is CNCCCN(C)CCN(C)CCCN(C)C. The van der Waals surface area contributed by atoms with E-state index < -0.39 is 0 Å². The normalized spacial score (nSPS) is 12.0. The minimum atomic E-state index is 1.11. The summed E-state index contributed by atoms with van der Waals surface area (Å²) in [6.45, 7) is 7.02. The molecule has 0 aliphatic heterocycles. The highest BCUT2D eigenvalue weighted by molar-refractivity contribution is 4.59. The van der Waals surface area contributed by atoms with Crippen LogP contribution in [0, 0.1) is 0 Å². The lowest BCUT2D eigenvalue weighted by Crippen LogP contribution is -2.33. The van der Waals surface area contributed by atoms with Crippen molar-refractivity contribution in [1.82, 2.24) is 20.0 Å². The number of nitrogens with one attached hydrogen (secondary N) is 1. The molecule has 0 saturated carbocycles. The predicted molar refractivity (Wildman–Crippen MR) is 76.7 cm³/mol. The third kappa shape index (κ3) is 12.1. The van der Waals surface area contributed by atoms with Crippen molar-refractivity contribution in [2.75, 3.05) is 74.5 Å². The number of rotatable bonds is 11. The monoisotopic (exact) mass is 244 g/mol. The molecule has 0 aromatic heterocycles. The number of likely N-dealkylation sites (N-methyl/N-ethyl adjacent to an activating group) is 2. The third-order valence-corrected chi connectivity index (χ3v) is 2.98. The van der Waals surface area contributed by atoms with Gasteiger partial charge in [0.1, 0.15) is 0 Å². The Morgan fingerprint density at radius 1 is 0.706 bits per heavy atom. The minimum absolute atomic E-state index is 1.11. The molecule has 0 radical (unpaired) electrons. The number of nitrogens with zero attached hydrogens (tertiary/aromatic N) is 3. The molecule has 0 aliphatic rings. The lowest BCUT2D eigenvalue weighted by Gasteiger charge is -2.22. The standard InChI is InChI=1S/C13H32N4/c1-14-8-6-10-16(4)12-13-17(5)11-7-9-15(2)3/h14H,6-13H2,1-5H3. The first kappa shape index (κ1) is 16.8. The van der Waals surface area contributed by atoms with E-state index in [1.165, 1.54) is 45.6 Å². The second-order valence-electron chi connectivity index (χ2n) is 5.22. The van der Waals surface area contributed by atoms with Crippen LogP contribution < -0.4 is 5.32 Å². The molecule has 4 nitrogen and oxygen atoms in total. The second kappa shape index (κ2) is 11.0. The molecule has 0 bridgehead atoms. The third-order valence-electron chi connectivity index (χ3n) is 2.98. The van der Waals surface area contributed by atoms with Gasteiger partial charge in [-0.25, -0.2) is 0 Å². The van der Waals surface area contributed by atoms with Crippen LogP contribution in [0.15, 0.2) is 0 Å². The molecular formula is C13H32N4. The maximum absolute atomic E-state index is 3.18. The highest BCUT2D eigenvalue weighted by atomic mass is 15.2. The van der Waals surface area contributed by atoms with E-state index in [1.54, 1.807) is 0 Å². The van der Waals surface area contributed by atoms with Gasteiger partial charge in [0.25, 0.3) is 0 Å². The van der Waals surface area contributed by atoms with Crippen molar-refractivity contribution in [3.8, 4) is 0 Å². The van der Waals surface area contributed by atoms with Crippen LogP contribution in [0.25, 0.3) is 0 Å². The Hall–Kier alpha value is -0.160. The Labute approximate surface area is 108 Å². The zero-order valence-corrected chi connectivity index (χ0v) is 12.5. The van der Waals surface area contributed by atoms with E-state index in [4.69, 9.17) is 0 Å². The maximum atomic E-state index is 3.18. The van der Waals surface area contributed by atoms with E-state index in [1.807, 2.05) is 7.05 Å². The summed E-state index contributed by atoms with van der Waals surface area (Å²) in [4.78, 5) is 7.09. The molecule has 0 heterocycles. The van der Waals surface area contributed by atoms with Gasteiger partial charge in [-0.15, -0.1) is 0 Å². The zero-order valence-electron chi connectivity index (χ0n) is 12.5. The molecule has 0 spiro atoms. The average Bonchev–Trinajstić information content (AvgIpc) is 2.26. The Balaban J connectivity index is 3.38. The van der Waals surface area contributed by atoms with Crippen molar-refractivity contribution in [1.29, 1.82) is 0 Å². The van der Waals surface area contributed by atoms with Crippen LogP contribution >= 0.6 is 0 Å². The Morgan fingerprint density at radius 2 is 1.24 bits per heavy atom. The molecule has 0 aromatic carbocycles. The molecule has 0 aromatic rings. The minimum Gasteiger partial charge on any atom is -0.320 e. The van der Waals surface area contributed by atoms with Crippen molar-refractivity contribution >= 4 is 0 Å². The van der Waals surface area contributed by atoms with Gasteiger partial charge in [0.15, 0.2) is 0 Å². The van der Waals surface area contributed by atoms with Gasteiger partial charge in [0, 0.05) is 13.1 Å². The summed E-state index contributed by atoms with van der Waals surface area (Å²) in [5.41, 5.74) is 0. The topological polar surface area (TPSA) is 21.8 Å². The quantitative estimate of drug-likeness (QED) is 0.532. The summed E-state index contributed by atoms with van der Waals surface area (Å²) in [5.74, 6) is 0. The number of hydrogen-bond acceptors (Lipinski definition) is 4. The summed E-state index contributed by atoms with van der Waals surface area (Å²) in [7, 11) is 10.7. The van der Waals surface area contributed by atoms with E-state index in [-0.39, 0.29) is 0 Å². The van der Waals surface area contributed by atoms with Crippen LogP contribution in [-0.4, -0.2) is 89.2 Å². The van der Waals surface area contributed by atoms with Crippen molar-refractivity contribution in [3.05, 3.63) is 0 Å². The first-order valence-corrected chi connectivity index (χ1v) is 6.72. The van der Waals surface area contributed by atoms with Crippen LogP contribution in [0.3, 0.4) is 0 Å². The smallest absolute Gasteiger partial charge is 0.0106 e. The maximum Gasteiger partial charge on any atom is 0.0106 e. The van der Waals surface area contributed by atoms with Crippen LogP contribution in [0.5, 0.6) is 0 Å². The number of hydrogen-bond donors (Lipinski definition) is 1. The summed E-state index contributed by atoms with van der Waals surface area (Å²) < 4.78 is 0. The van der Waals surface area contributed by atoms with Gasteiger partial charge < -0.3 is 20.0 Å². The van der Waals surface area contributed by atoms with Crippen molar-refractivity contribution in [2.45, 2.75) is 12.8 Å². The molecule has 0 rings (SSSR count). The first-order valence-electron chi connectivity index (χ1n) is 6.72. The van der Waals surface area contributed by atoms with Crippen LogP contribution in [0.2, 0.25) is 0 Å². The lowest BCUT2D eigenvalue weighted by atomic mass is 10.3. The molecule has 17 heavy (non-hydrogen) atoms. The second-order valence-corrected chi connectivity index (χ2v) is 5.22. The molecule has 4 heteroatoms. The highest BCUT2D eigenvalue weighted by Crippen LogP contribution is 1.92. The van der Waals surface area contributed by atoms with Gasteiger partial charge in [-0.3, -0.25) is 0 Å².